The molecule has 0 aliphatic rings. The summed E-state index contributed by atoms with van der Waals surface area (Å²) in [6.07, 6.45) is -0.0474. The molecule has 1 N–H and O–H groups in total. The van der Waals surface area contributed by atoms with Gasteiger partial charge in [-0.15, -0.1) is 11.3 Å². The normalized spacial score (nSPS) is 10.5. The van der Waals surface area contributed by atoms with Crippen LogP contribution in [0.5, 0.6) is 5.75 Å². The van der Waals surface area contributed by atoms with E-state index in [0.29, 0.717) is 12.3 Å². The molecule has 1 heterocycles. The average Bonchev–Trinajstić information content (AvgIpc) is 3.01. The summed E-state index contributed by atoms with van der Waals surface area (Å²) in [5.41, 5.74) is 3.89. The Morgan fingerprint density at radius 1 is 1.21 bits per heavy atom. The number of ether oxygens (including phenoxy) is 1. The van der Waals surface area contributed by atoms with E-state index >= 15 is 0 Å². The van der Waals surface area contributed by atoms with E-state index in [9.17, 15) is 4.79 Å². The first kappa shape index (κ1) is 16.2. The fourth-order valence-electron chi connectivity index (χ4n) is 2.34. The highest BCUT2D eigenvalue weighted by Gasteiger charge is 2.08. The van der Waals surface area contributed by atoms with Gasteiger partial charge in [0.1, 0.15) is 17.4 Å². The lowest BCUT2D eigenvalue weighted by Crippen LogP contribution is -1.99. The summed E-state index contributed by atoms with van der Waals surface area (Å²) < 4.78 is 5.80. The number of carbonyl (C=O) groups is 1. The van der Waals surface area contributed by atoms with E-state index in [0.717, 1.165) is 21.9 Å². The minimum absolute atomic E-state index is 0.0474. The molecule has 0 spiro atoms. The fourth-order valence-corrected chi connectivity index (χ4v) is 3.16. The van der Waals surface area contributed by atoms with Gasteiger partial charge in [0, 0.05) is 10.9 Å². The highest BCUT2D eigenvalue weighted by Crippen LogP contribution is 2.26. The smallest absolute Gasteiger partial charge is 0.309 e. The second-order valence-electron chi connectivity index (χ2n) is 5.52. The Balaban J connectivity index is 1.64. The van der Waals surface area contributed by atoms with Crippen LogP contribution in [0.1, 0.15) is 16.8 Å². The summed E-state index contributed by atoms with van der Waals surface area (Å²) in [6, 6.07) is 15.9. The minimum atomic E-state index is -0.869. The predicted octanol–water partition coefficient (Wildman–Crippen LogP) is 4.32. The molecule has 5 heteroatoms. The first-order valence-corrected chi connectivity index (χ1v) is 8.43. The van der Waals surface area contributed by atoms with Gasteiger partial charge < -0.3 is 9.84 Å². The Labute approximate surface area is 144 Å². The molecular weight excluding hydrogens is 322 g/mol. The second-order valence-corrected chi connectivity index (χ2v) is 6.37. The van der Waals surface area contributed by atoms with Crippen molar-refractivity contribution in [3.63, 3.8) is 0 Å². The molecule has 0 fully saturated rings. The SMILES string of the molecule is Cc1cccc(COc2ccc(-c3nc(CC(=O)O)cs3)cc2)c1. The number of thiazole rings is 1. The molecule has 0 aliphatic heterocycles. The van der Waals surface area contributed by atoms with Crippen molar-refractivity contribution in [3.8, 4) is 16.3 Å². The molecule has 3 aromatic rings. The molecule has 0 saturated heterocycles. The van der Waals surface area contributed by atoms with Gasteiger partial charge in [-0.1, -0.05) is 29.8 Å². The van der Waals surface area contributed by atoms with E-state index in [1.54, 1.807) is 5.38 Å². The molecule has 2 aromatic carbocycles. The summed E-state index contributed by atoms with van der Waals surface area (Å²) in [5.74, 6) is -0.0747. The van der Waals surface area contributed by atoms with Crippen LogP contribution in [-0.4, -0.2) is 16.1 Å². The number of hydrogen-bond acceptors (Lipinski definition) is 4. The molecule has 0 radical (unpaired) electrons. The number of rotatable bonds is 6. The zero-order valence-corrected chi connectivity index (χ0v) is 14.0. The third-order valence-electron chi connectivity index (χ3n) is 3.47. The monoisotopic (exact) mass is 339 g/mol. The van der Waals surface area contributed by atoms with E-state index < -0.39 is 5.97 Å². The van der Waals surface area contributed by atoms with Crippen LogP contribution in [0.25, 0.3) is 10.6 Å². The van der Waals surface area contributed by atoms with Crippen molar-refractivity contribution in [2.75, 3.05) is 0 Å². The molecule has 0 aliphatic carbocycles. The number of carboxylic acids is 1. The van der Waals surface area contributed by atoms with Crippen LogP contribution in [0, 0.1) is 6.92 Å². The minimum Gasteiger partial charge on any atom is -0.489 e. The van der Waals surface area contributed by atoms with Gasteiger partial charge in [-0.25, -0.2) is 4.98 Å². The Morgan fingerprint density at radius 3 is 2.71 bits per heavy atom. The molecule has 1 aromatic heterocycles. The zero-order valence-electron chi connectivity index (χ0n) is 13.2. The topological polar surface area (TPSA) is 59.4 Å². The lowest BCUT2D eigenvalue weighted by atomic mass is 10.1. The van der Waals surface area contributed by atoms with Crippen molar-refractivity contribution >= 4 is 17.3 Å². The standard InChI is InChI=1S/C19H17NO3S/c1-13-3-2-4-14(9-13)11-23-17-7-5-15(6-8-17)19-20-16(12-24-19)10-18(21)22/h2-9,12H,10-11H2,1H3,(H,21,22). The van der Waals surface area contributed by atoms with Crippen LogP contribution >= 0.6 is 11.3 Å². The van der Waals surface area contributed by atoms with Gasteiger partial charge in [-0.2, -0.15) is 0 Å². The number of carboxylic acid groups (broad SMARTS) is 1. The molecule has 24 heavy (non-hydrogen) atoms. The van der Waals surface area contributed by atoms with Crippen LogP contribution in [0.15, 0.2) is 53.9 Å². The van der Waals surface area contributed by atoms with Gasteiger partial charge in [0.15, 0.2) is 0 Å². The number of nitrogens with zero attached hydrogens (tertiary/aromatic N) is 1. The maximum absolute atomic E-state index is 10.7. The van der Waals surface area contributed by atoms with Gasteiger partial charge in [0.2, 0.25) is 0 Å². The Bertz CT molecular complexity index is 840. The predicted molar refractivity (Wildman–Crippen MR) is 94.4 cm³/mol. The van der Waals surface area contributed by atoms with Crippen molar-refractivity contribution in [1.82, 2.24) is 4.98 Å². The van der Waals surface area contributed by atoms with Crippen molar-refractivity contribution in [1.29, 1.82) is 0 Å². The van der Waals surface area contributed by atoms with Gasteiger partial charge in [0.05, 0.1) is 12.1 Å². The largest absolute Gasteiger partial charge is 0.489 e. The maximum atomic E-state index is 10.7. The maximum Gasteiger partial charge on any atom is 0.309 e. The average molecular weight is 339 g/mol. The zero-order chi connectivity index (χ0) is 16.9. The number of hydrogen-bond donors (Lipinski definition) is 1. The van der Waals surface area contributed by atoms with Crippen molar-refractivity contribution < 1.29 is 14.6 Å². The molecule has 3 rings (SSSR count). The first-order chi connectivity index (χ1) is 11.6. The fraction of sp³-hybridized carbons (Fsp3) is 0.158. The molecule has 0 bridgehead atoms. The molecule has 0 amide bonds. The second kappa shape index (κ2) is 7.27. The quantitative estimate of drug-likeness (QED) is 0.726. The van der Waals surface area contributed by atoms with Crippen molar-refractivity contribution in [2.24, 2.45) is 0 Å². The number of aryl methyl sites for hydroxylation is 1. The Kier molecular flexibility index (Phi) is 4.91. The summed E-state index contributed by atoms with van der Waals surface area (Å²) in [7, 11) is 0. The van der Waals surface area contributed by atoms with Crippen LogP contribution < -0.4 is 4.74 Å². The van der Waals surface area contributed by atoms with E-state index in [2.05, 4.69) is 24.0 Å². The van der Waals surface area contributed by atoms with E-state index in [4.69, 9.17) is 9.84 Å². The van der Waals surface area contributed by atoms with E-state index in [1.165, 1.54) is 16.9 Å². The van der Waals surface area contributed by atoms with Gasteiger partial charge in [0.25, 0.3) is 0 Å². The van der Waals surface area contributed by atoms with Crippen LogP contribution in [0.3, 0.4) is 0 Å². The van der Waals surface area contributed by atoms with Crippen LogP contribution in [0.2, 0.25) is 0 Å². The summed E-state index contributed by atoms with van der Waals surface area (Å²) in [4.78, 5) is 15.1. The van der Waals surface area contributed by atoms with E-state index in [-0.39, 0.29) is 6.42 Å². The van der Waals surface area contributed by atoms with Gasteiger partial charge in [-0.05, 0) is 36.8 Å². The van der Waals surface area contributed by atoms with E-state index in [1.807, 2.05) is 36.4 Å². The molecule has 0 saturated carbocycles. The number of aliphatic carboxylic acids is 1. The van der Waals surface area contributed by atoms with Gasteiger partial charge >= 0.3 is 5.97 Å². The summed E-state index contributed by atoms with van der Waals surface area (Å²) in [5, 5.41) is 11.4. The first-order valence-electron chi connectivity index (χ1n) is 7.55. The molecule has 0 atom stereocenters. The number of aromatic nitrogens is 1. The lowest BCUT2D eigenvalue weighted by molar-refractivity contribution is -0.136. The number of benzene rings is 2. The van der Waals surface area contributed by atoms with Crippen molar-refractivity contribution in [3.05, 3.63) is 70.7 Å². The van der Waals surface area contributed by atoms with Crippen LogP contribution in [0.4, 0.5) is 0 Å². The highest BCUT2D eigenvalue weighted by atomic mass is 32.1. The molecule has 122 valence electrons. The molecule has 4 nitrogen and oxygen atoms in total. The van der Waals surface area contributed by atoms with Crippen LogP contribution in [-0.2, 0) is 17.8 Å². The molecule has 0 unspecified atom stereocenters. The lowest BCUT2D eigenvalue weighted by Gasteiger charge is -2.07. The Morgan fingerprint density at radius 2 is 2.00 bits per heavy atom. The molecular formula is C19H17NO3S. The third-order valence-corrected chi connectivity index (χ3v) is 4.41. The van der Waals surface area contributed by atoms with Gasteiger partial charge in [-0.3, -0.25) is 4.79 Å². The summed E-state index contributed by atoms with van der Waals surface area (Å²) in [6.45, 7) is 2.59. The summed E-state index contributed by atoms with van der Waals surface area (Å²) >= 11 is 1.45. The third kappa shape index (κ3) is 4.20. The Hall–Kier alpha value is -2.66. The van der Waals surface area contributed by atoms with Crippen molar-refractivity contribution in [2.45, 2.75) is 20.0 Å². The highest BCUT2D eigenvalue weighted by molar-refractivity contribution is 7.13.